The molecular formula is C14H24N4O2S. The van der Waals surface area contributed by atoms with Crippen LogP contribution in [0.5, 0.6) is 0 Å². The topological polar surface area (TPSA) is 78.7 Å². The lowest BCUT2D eigenvalue weighted by atomic mass is 9.99. The molecule has 118 valence electrons. The van der Waals surface area contributed by atoms with Crippen LogP contribution in [-0.4, -0.2) is 52.6 Å². The van der Waals surface area contributed by atoms with E-state index in [4.69, 9.17) is 5.73 Å². The SMILES string of the molecule is CNS(=O)(=O)c1ccc(N2CCN(C)C(C)(C)C2)cc1N. The van der Waals surface area contributed by atoms with Crippen LogP contribution in [0.15, 0.2) is 23.1 Å². The number of likely N-dealkylation sites (N-methyl/N-ethyl adjacent to an activating group) is 1. The predicted octanol–water partition coefficient (Wildman–Crippen LogP) is 0.707. The Morgan fingerprint density at radius 1 is 1.29 bits per heavy atom. The Morgan fingerprint density at radius 3 is 2.48 bits per heavy atom. The number of sulfonamides is 1. The number of nitrogens with two attached hydrogens (primary N) is 1. The van der Waals surface area contributed by atoms with Crippen molar-refractivity contribution in [2.24, 2.45) is 0 Å². The van der Waals surface area contributed by atoms with Gasteiger partial charge >= 0.3 is 0 Å². The van der Waals surface area contributed by atoms with Crippen molar-refractivity contribution in [1.82, 2.24) is 9.62 Å². The first-order valence-corrected chi connectivity index (χ1v) is 8.45. The number of nitrogens with zero attached hydrogens (tertiary/aromatic N) is 2. The van der Waals surface area contributed by atoms with Gasteiger partial charge in [0.05, 0.1) is 5.69 Å². The average molecular weight is 312 g/mol. The lowest BCUT2D eigenvalue weighted by molar-refractivity contribution is 0.139. The number of piperazine rings is 1. The van der Waals surface area contributed by atoms with E-state index < -0.39 is 10.0 Å². The molecule has 2 rings (SSSR count). The summed E-state index contributed by atoms with van der Waals surface area (Å²) < 4.78 is 26.0. The van der Waals surface area contributed by atoms with Crippen molar-refractivity contribution in [3.8, 4) is 0 Å². The Labute approximate surface area is 127 Å². The first kappa shape index (κ1) is 16.1. The molecule has 0 bridgehead atoms. The van der Waals surface area contributed by atoms with Crippen LogP contribution in [-0.2, 0) is 10.0 Å². The third kappa shape index (κ3) is 3.14. The van der Waals surface area contributed by atoms with Gasteiger partial charge in [0.2, 0.25) is 10.0 Å². The van der Waals surface area contributed by atoms with E-state index in [0.717, 1.165) is 25.3 Å². The normalized spacial score (nSPS) is 19.7. The fraction of sp³-hybridized carbons (Fsp3) is 0.571. The number of hydrogen-bond donors (Lipinski definition) is 2. The van der Waals surface area contributed by atoms with E-state index in [-0.39, 0.29) is 16.1 Å². The molecular weight excluding hydrogens is 288 g/mol. The maximum absolute atomic E-state index is 11.8. The molecule has 1 saturated heterocycles. The monoisotopic (exact) mass is 312 g/mol. The summed E-state index contributed by atoms with van der Waals surface area (Å²) in [6.07, 6.45) is 0. The van der Waals surface area contributed by atoms with Crippen molar-refractivity contribution in [3.05, 3.63) is 18.2 Å². The third-order valence-corrected chi connectivity index (χ3v) is 5.72. The van der Waals surface area contributed by atoms with Gasteiger partial charge in [-0.2, -0.15) is 0 Å². The fourth-order valence-corrected chi connectivity index (χ4v) is 3.38. The number of hydrogen-bond acceptors (Lipinski definition) is 5. The highest BCUT2D eigenvalue weighted by Crippen LogP contribution is 2.28. The summed E-state index contributed by atoms with van der Waals surface area (Å²) in [6, 6.07) is 5.13. The molecule has 6 nitrogen and oxygen atoms in total. The minimum Gasteiger partial charge on any atom is -0.398 e. The number of nitrogen functional groups attached to an aromatic ring is 1. The number of benzene rings is 1. The fourth-order valence-electron chi connectivity index (χ4n) is 2.55. The van der Waals surface area contributed by atoms with E-state index in [1.807, 2.05) is 6.07 Å². The first-order chi connectivity index (χ1) is 9.67. The predicted molar refractivity (Wildman–Crippen MR) is 86.0 cm³/mol. The van der Waals surface area contributed by atoms with E-state index in [0.29, 0.717) is 0 Å². The molecule has 0 aliphatic carbocycles. The zero-order valence-electron chi connectivity index (χ0n) is 13.0. The molecule has 0 atom stereocenters. The van der Waals surface area contributed by atoms with Gasteiger partial charge in [0.1, 0.15) is 4.90 Å². The number of nitrogens with one attached hydrogen (secondary N) is 1. The molecule has 0 amide bonds. The molecule has 21 heavy (non-hydrogen) atoms. The summed E-state index contributed by atoms with van der Waals surface area (Å²) in [5.41, 5.74) is 7.24. The Balaban J connectivity index is 2.29. The molecule has 1 aromatic carbocycles. The average Bonchev–Trinajstić information content (AvgIpc) is 2.41. The van der Waals surface area contributed by atoms with E-state index in [2.05, 4.69) is 35.4 Å². The van der Waals surface area contributed by atoms with Gasteiger partial charge in [0.15, 0.2) is 0 Å². The van der Waals surface area contributed by atoms with E-state index in [1.54, 1.807) is 12.1 Å². The van der Waals surface area contributed by atoms with Gasteiger partial charge < -0.3 is 10.6 Å². The van der Waals surface area contributed by atoms with E-state index in [1.165, 1.54) is 7.05 Å². The molecule has 1 aliphatic heterocycles. The van der Waals surface area contributed by atoms with Gasteiger partial charge in [0, 0.05) is 30.9 Å². The third-order valence-electron chi connectivity index (χ3n) is 4.23. The molecule has 0 saturated carbocycles. The Kier molecular flexibility index (Phi) is 4.19. The molecule has 7 heteroatoms. The van der Waals surface area contributed by atoms with E-state index >= 15 is 0 Å². The van der Waals surface area contributed by atoms with Gasteiger partial charge in [-0.1, -0.05) is 0 Å². The molecule has 0 aromatic heterocycles. The molecule has 1 heterocycles. The van der Waals surface area contributed by atoms with Crippen LogP contribution >= 0.6 is 0 Å². The Hall–Kier alpha value is -1.31. The lowest BCUT2D eigenvalue weighted by Crippen LogP contribution is -2.57. The van der Waals surface area contributed by atoms with Gasteiger partial charge in [-0.15, -0.1) is 0 Å². The molecule has 1 fully saturated rings. The highest BCUT2D eigenvalue weighted by atomic mass is 32.2. The summed E-state index contributed by atoms with van der Waals surface area (Å²) in [5, 5.41) is 0. The van der Waals surface area contributed by atoms with Crippen molar-refractivity contribution in [3.63, 3.8) is 0 Å². The second-order valence-electron chi connectivity index (χ2n) is 6.09. The maximum Gasteiger partial charge on any atom is 0.242 e. The number of anilines is 2. The van der Waals surface area contributed by atoms with Crippen molar-refractivity contribution >= 4 is 21.4 Å². The van der Waals surface area contributed by atoms with Gasteiger partial charge in [-0.05, 0) is 46.1 Å². The largest absolute Gasteiger partial charge is 0.398 e. The van der Waals surface area contributed by atoms with Crippen LogP contribution in [0.1, 0.15) is 13.8 Å². The highest BCUT2D eigenvalue weighted by Gasteiger charge is 2.31. The zero-order valence-corrected chi connectivity index (χ0v) is 13.9. The highest BCUT2D eigenvalue weighted by molar-refractivity contribution is 7.89. The van der Waals surface area contributed by atoms with Crippen LogP contribution in [0.4, 0.5) is 11.4 Å². The minimum absolute atomic E-state index is 0.0722. The quantitative estimate of drug-likeness (QED) is 0.804. The summed E-state index contributed by atoms with van der Waals surface area (Å²) >= 11 is 0. The van der Waals surface area contributed by atoms with Crippen LogP contribution < -0.4 is 15.4 Å². The van der Waals surface area contributed by atoms with Gasteiger partial charge in [0.25, 0.3) is 0 Å². The number of rotatable bonds is 3. The molecule has 1 aromatic rings. The summed E-state index contributed by atoms with van der Waals surface area (Å²) in [5.74, 6) is 0. The van der Waals surface area contributed by atoms with Crippen LogP contribution in [0.2, 0.25) is 0 Å². The maximum atomic E-state index is 11.8. The van der Waals surface area contributed by atoms with Gasteiger partial charge in [-0.3, -0.25) is 4.90 Å². The van der Waals surface area contributed by atoms with Crippen molar-refractivity contribution in [1.29, 1.82) is 0 Å². The molecule has 1 aliphatic rings. The van der Waals surface area contributed by atoms with Crippen LogP contribution in [0.3, 0.4) is 0 Å². The standard InChI is InChI=1S/C14H24N4O2S/c1-14(2)10-18(8-7-17(14)4)11-5-6-13(12(15)9-11)21(19,20)16-3/h5-6,9,16H,7-8,10,15H2,1-4H3. The summed E-state index contributed by atoms with van der Waals surface area (Å²) in [7, 11) is -0.00975. The first-order valence-electron chi connectivity index (χ1n) is 6.96. The molecule has 3 N–H and O–H groups in total. The van der Waals surface area contributed by atoms with Crippen LogP contribution in [0.25, 0.3) is 0 Å². The second-order valence-corrected chi connectivity index (χ2v) is 7.94. The van der Waals surface area contributed by atoms with Crippen LogP contribution in [0, 0.1) is 0 Å². The molecule has 0 unspecified atom stereocenters. The Bertz CT molecular complexity index is 628. The lowest BCUT2D eigenvalue weighted by Gasteiger charge is -2.46. The van der Waals surface area contributed by atoms with Crippen molar-refractivity contribution < 1.29 is 8.42 Å². The summed E-state index contributed by atoms with van der Waals surface area (Å²) in [4.78, 5) is 4.70. The van der Waals surface area contributed by atoms with E-state index in [9.17, 15) is 8.42 Å². The van der Waals surface area contributed by atoms with Crippen molar-refractivity contribution in [2.75, 3.05) is 44.4 Å². The molecule has 0 radical (unpaired) electrons. The molecule has 0 spiro atoms. The smallest absolute Gasteiger partial charge is 0.242 e. The Morgan fingerprint density at radius 2 is 1.95 bits per heavy atom. The van der Waals surface area contributed by atoms with Crippen molar-refractivity contribution in [2.45, 2.75) is 24.3 Å². The minimum atomic E-state index is -3.51. The zero-order chi connectivity index (χ0) is 15.8. The van der Waals surface area contributed by atoms with Gasteiger partial charge in [-0.25, -0.2) is 13.1 Å². The summed E-state index contributed by atoms with van der Waals surface area (Å²) in [6.45, 7) is 7.13. The second kappa shape index (κ2) is 5.47.